The molecule has 0 atom stereocenters. The molecule has 8 heteroatoms. The summed E-state index contributed by atoms with van der Waals surface area (Å²) in [5, 5.41) is 12.7. The predicted molar refractivity (Wildman–Crippen MR) is 97.0 cm³/mol. The average molecular weight is 373 g/mol. The van der Waals surface area contributed by atoms with Gasteiger partial charge in [-0.15, -0.1) is 0 Å². The van der Waals surface area contributed by atoms with Crippen LogP contribution in [0.4, 0.5) is 0 Å². The number of nitrogens with zero attached hydrogens (tertiary/aromatic N) is 1. The Morgan fingerprint density at radius 1 is 1.19 bits per heavy atom. The van der Waals surface area contributed by atoms with E-state index < -0.39 is 10.0 Å². The third-order valence-electron chi connectivity index (χ3n) is 4.02. The number of carbonyl (C=O) groups is 1. The number of fused-ring (bicyclic) bond motifs is 1. The Hall–Kier alpha value is -2.71. The van der Waals surface area contributed by atoms with Crippen molar-refractivity contribution in [2.24, 2.45) is 5.14 Å². The van der Waals surface area contributed by atoms with E-state index in [9.17, 15) is 13.2 Å². The third kappa shape index (κ3) is 4.27. The van der Waals surface area contributed by atoms with Crippen LogP contribution >= 0.6 is 0 Å². The van der Waals surface area contributed by atoms with Crippen LogP contribution in [0.1, 0.15) is 16.8 Å². The first-order chi connectivity index (χ1) is 12.3. The van der Waals surface area contributed by atoms with E-state index in [0.717, 1.165) is 16.5 Å². The van der Waals surface area contributed by atoms with E-state index in [4.69, 9.17) is 9.66 Å². The molecule has 26 heavy (non-hydrogen) atoms. The van der Waals surface area contributed by atoms with Crippen molar-refractivity contribution in [1.82, 2.24) is 10.5 Å². The number of hydrogen-bond acceptors (Lipinski definition) is 5. The second kappa shape index (κ2) is 7.27. The number of benzene rings is 2. The van der Waals surface area contributed by atoms with E-state index >= 15 is 0 Å². The summed E-state index contributed by atoms with van der Waals surface area (Å²) in [5.41, 5.74) is 3.25. The number of carbonyl (C=O) groups excluding carboxylic acids is 1. The molecule has 0 aliphatic carbocycles. The van der Waals surface area contributed by atoms with Crippen molar-refractivity contribution in [2.75, 3.05) is 6.54 Å². The molecule has 1 heterocycles. The van der Waals surface area contributed by atoms with Gasteiger partial charge in [0.05, 0.1) is 11.3 Å². The number of primary sulfonamides is 1. The van der Waals surface area contributed by atoms with Crippen LogP contribution in [0, 0.1) is 6.92 Å². The van der Waals surface area contributed by atoms with Crippen LogP contribution in [0.15, 0.2) is 51.9 Å². The van der Waals surface area contributed by atoms with Gasteiger partial charge in [0.1, 0.15) is 5.69 Å². The SMILES string of the molecule is Cc1ccc2onc(CC(=O)NCCc3ccc(S(N)(=O)=O)cc3)c2c1. The molecule has 0 spiro atoms. The summed E-state index contributed by atoms with van der Waals surface area (Å²) in [4.78, 5) is 12.2. The minimum absolute atomic E-state index is 0.0680. The van der Waals surface area contributed by atoms with Crippen LogP contribution < -0.4 is 10.5 Å². The Morgan fingerprint density at radius 2 is 1.92 bits per heavy atom. The molecular formula is C18H19N3O4S. The number of hydrogen-bond donors (Lipinski definition) is 2. The lowest BCUT2D eigenvalue weighted by Gasteiger charge is -2.05. The lowest BCUT2D eigenvalue weighted by atomic mass is 10.1. The topological polar surface area (TPSA) is 115 Å². The van der Waals surface area contributed by atoms with Gasteiger partial charge in [0, 0.05) is 11.9 Å². The van der Waals surface area contributed by atoms with Crippen LogP contribution in [0.25, 0.3) is 11.0 Å². The lowest BCUT2D eigenvalue weighted by molar-refractivity contribution is -0.120. The van der Waals surface area contributed by atoms with Gasteiger partial charge in [-0.05, 0) is 43.2 Å². The molecule has 0 aliphatic heterocycles. The number of nitrogens with one attached hydrogen (secondary N) is 1. The number of amides is 1. The number of nitrogens with two attached hydrogens (primary N) is 1. The average Bonchev–Trinajstić information content (AvgIpc) is 2.96. The van der Waals surface area contributed by atoms with E-state index in [1.165, 1.54) is 12.1 Å². The highest BCUT2D eigenvalue weighted by Crippen LogP contribution is 2.20. The fraction of sp³-hybridized carbons (Fsp3) is 0.222. The maximum absolute atomic E-state index is 12.1. The van der Waals surface area contributed by atoms with Crippen molar-refractivity contribution in [3.05, 3.63) is 59.3 Å². The molecule has 0 aliphatic rings. The fourth-order valence-electron chi connectivity index (χ4n) is 2.64. The summed E-state index contributed by atoms with van der Waals surface area (Å²) >= 11 is 0. The smallest absolute Gasteiger partial charge is 0.238 e. The first-order valence-electron chi connectivity index (χ1n) is 8.06. The van der Waals surface area contributed by atoms with E-state index in [2.05, 4.69) is 10.5 Å². The number of aryl methyl sites for hydroxylation is 1. The van der Waals surface area contributed by atoms with Crippen LogP contribution in [-0.2, 0) is 27.7 Å². The van der Waals surface area contributed by atoms with Crippen molar-refractivity contribution < 1.29 is 17.7 Å². The van der Waals surface area contributed by atoms with Gasteiger partial charge in [0.25, 0.3) is 0 Å². The van der Waals surface area contributed by atoms with Gasteiger partial charge in [-0.2, -0.15) is 0 Å². The Balaban J connectivity index is 1.55. The van der Waals surface area contributed by atoms with Crippen LogP contribution in [0.3, 0.4) is 0 Å². The van der Waals surface area contributed by atoms with E-state index in [1.54, 1.807) is 12.1 Å². The molecule has 3 aromatic rings. The van der Waals surface area contributed by atoms with Gasteiger partial charge in [0.2, 0.25) is 15.9 Å². The second-order valence-electron chi connectivity index (χ2n) is 6.09. The number of rotatable bonds is 6. The summed E-state index contributed by atoms with van der Waals surface area (Å²) in [7, 11) is -3.69. The zero-order valence-corrected chi connectivity index (χ0v) is 15.0. The van der Waals surface area contributed by atoms with Gasteiger partial charge < -0.3 is 9.84 Å². The molecule has 0 unspecified atom stereocenters. The van der Waals surface area contributed by atoms with Crippen LogP contribution in [-0.4, -0.2) is 26.0 Å². The molecule has 0 fully saturated rings. The molecule has 3 rings (SSSR count). The molecule has 1 amide bonds. The summed E-state index contributed by atoms with van der Waals surface area (Å²) in [5.74, 6) is -0.150. The Kier molecular flexibility index (Phi) is 5.06. The van der Waals surface area contributed by atoms with E-state index in [1.807, 2.05) is 25.1 Å². The van der Waals surface area contributed by atoms with Gasteiger partial charge in [0.15, 0.2) is 5.58 Å². The summed E-state index contributed by atoms with van der Waals surface area (Å²) in [6.45, 7) is 2.40. The number of sulfonamides is 1. The van der Waals surface area contributed by atoms with Crippen molar-refractivity contribution in [3.63, 3.8) is 0 Å². The monoisotopic (exact) mass is 373 g/mol. The minimum atomic E-state index is -3.69. The molecule has 7 nitrogen and oxygen atoms in total. The predicted octanol–water partition coefficient (Wildman–Crippen LogP) is 1.69. The standard InChI is InChI=1S/C18H19N3O4S/c1-12-2-7-17-15(10-12)16(21-25-17)11-18(22)20-9-8-13-3-5-14(6-4-13)26(19,23)24/h2-7,10H,8-9,11H2,1H3,(H,20,22)(H2,19,23,24). The van der Waals surface area contributed by atoms with Crippen molar-refractivity contribution in [3.8, 4) is 0 Å². The van der Waals surface area contributed by atoms with E-state index in [-0.39, 0.29) is 17.2 Å². The Bertz CT molecular complexity index is 1040. The number of aromatic nitrogens is 1. The second-order valence-corrected chi connectivity index (χ2v) is 7.66. The first-order valence-corrected chi connectivity index (χ1v) is 9.61. The van der Waals surface area contributed by atoms with E-state index in [0.29, 0.717) is 24.2 Å². The fourth-order valence-corrected chi connectivity index (χ4v) is 3.15. The minimum Gasteiger partial charge on any atom is -0.356 e. The molecule has 0 saturated carbocycles. The molecule has 0 saturated heterocycles. The maximum atomic E-state index is 12.1. The highest BCUT2D eigenvalue weighted by molar-refractivity contribution is 7.89. The molecule has 136 valence electrons. The zero-order valence-electron chi connectivity index (χ0n) is 14.2. The first kappa shape index (κ1) is 18.1. The van der Waals surface area contributed by atoms with Crippen molar-refractivity contribution >= 4 is 26.9 Å². The maximum Gasteiger partial charge on any atom is 0.238 e. The quantitative estimate of drug-likeness (QED) is 0.682. The highest BCUT2D eigenvalue weighted by Gasteiger charge is 2.12. The van der Waals surface area contributed by atoms with Crippen molar-refractivity contribution in [1.29, 1.82) is 0 Å². The molecule has 1 aromatic heterocycles. The lowest BCUT2D eigenvalue weighted by Crippen LogP contribution is -2.27. The summed E-state index contributed by atoms with van der Waals surface area (Å²) in [6, 6.07) is 12.0. The third-order valence-corrected chi connectivity index (χ3v) is 4.95. The molecule has 3 N–H and O–H groups in total. The Morgan fingerprint density at radius 3 is 2.62 bits per heavy atom. The van der Waals surface area contributed by atoms with Crippen LogP contribution in [0.5, 0.6) is 0 Å². The molecular weight excluding hydrogens is 354 g/mol. The molecule has 0 bridgehead atoms. The molecule has 2 aromatic carbocycles. The van der Waals surface area contributed by atoms with Crippen molar-refractivity contribution in [2.45, 2.75) is 24.7 Å². The largest absolute Gasteiger partial charge is 0.356 e. The van der Waals surface area contributed by atoms with Crippen LogP contribution in [0.2, 0.25) is 0 Å². The van der Waals surface area contributed by atoms with Gasteiger partial charge in [-0.3, -0.25) is 4.79 Å². The Labute approximate surface area is 151 Å². The zero-order chi connectivity index (χ0) is 18.7. The summed E-state index contributed by atoms with van der Waals surface area (Å²) < 4.78 is 27.7. The normalized spacial score (nSPS) is 11.6. The summed E-state index contributed by atoms with van der Waals surface area (Å²) in [6.07, 6.45) is 0.718. The van der Waals surface area contributed by atoms with Gasteiger partial charge in [-0.1, -0.05) is 28.9 Å². The molecule has 0 radical (unpaired) electrons. The highest BCUT2D eigenvalue weighted by atomic mass is 32.2. The van der Waals surface area contributed by atoms with Gasteiger partial charge >= 0.3 is 0 Å². The van der Waals surface area contributed by atoms with Gasteiger partial charge in [-0.25, -0.2) is 13.6 Å².